The van der Waals surface area contributed by atoms with E-state index in [1.807, 2.05) is 24.3 Å². The molecule has 0 aromatic heterocycles. The quantitative estimate of drug-likeness (QED) is 0.825. The minimum Gasteiger partial charge on any atom is -0.504 e. The molecule has 0 amide bonds. The summed E-state index contributed by atoms with van der Waals surface area (Å²) in [5.41, 5.74) is 1.79. The molecule has 5 heteroatoms. The first-order valence-electron chi connectivity index (χ1n) is 6.98. The minimum atomic E-state index is 0.109. The third-order valence-electron chi connectivity index (χ3n) is 3.36. The average Bonchev–Trinajstić information content (AvgIpc) is 2.59. The maximum absolute atomic E-state index is 9.62. The van der Waals surface area contributed by atoms with Gasteiger partial charge in [-0.05, 0) is 35.4 Å². The molecule has 2 aromatic carbocycles. The van der Waals surface area contributed by atoms with E-state index in [0.29, 0.717) is 23.0 Å². The maximum Gasteiger partial charge on any atom is 0.203 e. The molecule has 0 aliphatic carbocycles. The zero-order valence-corrected chi connectivity index (χ0v) is 13.6. The normalized spacial score (nSPS) is 10.6. The fourth-order valence-corrected chi connectivity index (χ4v) is 2.19. The van der Waals surface area contributed by atoms with Gasteiger partial charge >= 0.3 is 0 Å². The standard InChI is InChI=1S/C18H20O5/c1-20-15-9-12(7-8-14(15)19)5-6-13-10-16(21-2)18(23-4)17(11-13)22-3/h5-11,19H,1-4H3/b6-5-. The summed E-state index contributed by atoms with van der Waals surface area (Å²) in [4.78, 5) is 0. The molecule has 2 rings (SSSR count). The zero-order valence-electron chi connectivity index (χ0n) is 13.6. The van der Waals surface area contributed by atoms with Crippen molar-refractivity contribution < 1.29 is 24.1 Å². The molecule has 0 bridgehead atoms. The topological polar surface area (TPSA) is 57.2 Å². The van der Waals surface area contributed by atoms with Gasteiger partial charge in [0, 0.05) is 0 Å². The number of benzene rings is 2. The molecule has 0 spiro atoms. The summed E-state index contributed by atoms with van der Waals surface area (Å²) < 4.78 is 21.1. The van der Waals surface area contributed by atoms with Crippen LogP contribution in [-0.2, 0) is 0 Å². The summed E-state index contributed by atoms with van der Waals surface area (Å²) in [5.74, 6) is 2.28. The lowest BCUT2D eigenvalue weighted by Crippen LogP contribution is -1.95. The van der Waals surface area contributed by atoms with Crippen molar-refractivity contribution in [3.63, 3.8) is 0 Å². The van der Waals surface area contributed by atoms with Crippen molar-refractivity contribution in [2.24, 2.45) is 0 Å². The van der Waals surface area contributed by atoms with Crippen LogP contribution in [-0.4, -0.2) is 33.5 Å². The monoisotopic (exact) mass is 316 g/mol. The summed E-state index contributed by atoms with van der Waals surface area (Å²) in [7, 11) is 6.24. The van der Waals surface area contributed by atoms with E-state index >= 15 is 0 Å². The van der Waals surface area contributed by atoms with Gasteiger partial charge in [0.15, 0.2) is 23.0 Å². The molecule has 0 unspecified atom stereocenters. The highest BCUT2D eigenvalue weighted by molar-refractivity contribution is 5.73. The fraction of sp³-hybridized carbons (Fsp3) is 0.222. The molecule has 0 saturated carbocycles. The Labute approximate surface area is 135 Å². The van der Waals surface area contributed by atoms with Crippen molar-refractivity contribution in [3.05, 3.63) is 41.5 Å². The predicted octanol–water partition coefficient (Wildman–Crippen LogP) is 3.60. The molecule has 0 saturated heterocycles. The van der Waals surface area contributed by atoms with Crippen LogP contribution in [0.3, 0.4) is 0 Å². The highest BCUT2D eigenvalue weighted by Crippen LogP contribution is 2.38. The maximum atomic E-state index is 9.62. The van der Waals surface area contributed by atoms with Crippen molar-refractivity contribution in [2.45, 2.75) is 0 Å². The molecule has 0 aliphatic rings. The lowest BCUT2D eigenvalue weighted by molar-refractivity contribution is 0.324. The van der Waals surface area contributed by atoms with Gasteiger partial charge < -0.3 is 24.1 Å². The minimum absolute atomic E-state index is 0.109. The number of phenols is 1. The number of hydrogen-bond donors (Lipinski definition) is 1. The molecule has 2 aromatic rings. The van der Waals surface area contributed by atoms with Gasteiger partial charge in [0.2, 0.25) is 5.75 Å². The zero-order chi connectivity index (χ0) is 16.8. The Balaban J connectivity index is 2.35. The van der Waals surface area contributed by atoms with E-state index in [2.05, 4.69) is 0 Å². The van der Waals surface area contributed by atoms with Crippen molar-refractivity contribution in [3.8, 4) is 28.7 Å². The second-order valence-electron chi connectivity index (χ2n) is 4.72. The van der Waals surface area contributed by atoms with Crippen LogP contribution in [0.1, 0.15) is 11.1 Å². The third kappa shape index (κ3) is 3.69. The van der Waals surface area contributed by atoms with E-state index in [1.165, 1.54) is 7.11 Å². The summed E-state index contributed by atoms with van der Waals surface area (Å²) >= 11 is 0. The largest absolute Gasteiger partial charge is 0.504 e. The summed E-state index contributed by atoms with van der Waals surface area (Å²) in [6.07, 6.45) is 3.82. The van der Waals surface area contributed by atoms with Gasteiger partial charge in [0.1, 0.15) is 0 Å². The lowest BCUT2D eigenvalue weighted by atomic mass is 10.1. The third-order valence-corrected chi connectivity index (χ3v) is 3.36. The van der Waals surface area contributed by atoms with E-state index < -0.39 is 0 Å². The van der Waals surface area contributed by atoms with Gasteiger partial charge in [-0.2, -0.15) is 0 Å². The van der Waals surface area contributed by atoms with Crippen molar-refractivity contribution >= 4 is 12.2 Å². The number of hydrogen-bond acceptors (Lipinski definition) is 5. The Kier molecular flexibility index (Phi) is 5.36. The van der Waals surface area contributed by atoms with Crippen LogP contribution in [0.15, 0.2) is 30.3 Å². The molecule has 0 radical (unpaired) electrons. The van der Waals surface area contributed by atoms with Crippen molar-refractivity contribution in [1.29, 1.82) is 0 Å². The molecule has 0 atom stereocenters. The number of ether oxygens (including phenoxy) is 4. The van der Waals surface area contributed by atoms with Crippen LogP contribution < -0.4 is 18.9 Å². The van der Waals surface area contributed by atoms with Crippen LogP contribution in [0.4, 0.5) is 0 Å². The second kappa shape index (κ2) is 7.45. The Morgan fingerprint density at radius 2 is 1.22 bits per heavy atom. The van der Waals surface area contributed by atoms with Gasteiger partial charge in [-0.1, -0.05) is 18.2 Å². The van der Waals surface area contributed by atoms with E-state index in [1.54, 1.807) is 39.5 Å². The first-order valence-corrected chi connectivity index (χ1v) is 6.98. The molecule has 23 heavy (non-hydrogen) atoms. The van der Waals surface area contributed by atoms with Gasteiger partial charge in [0.25, 0.3) is 0 Å². The number of rotatable bonds is 6. The molecule has 5 nitrogen and oxygen atoms in total. The Bertz CT molecular complexity index is 682. The van der Waals surface area contributed by atoms with Crippen molar-refractivity contribution in [2.75, 3.05) is 28.4 Å². The highest BCUT2D eigenvalue weighted by Gasteiger charge is 2.12. The first kappa shape index (κ1) is 16.5. The van der Waals surface area contributed by atoms with Gasteiger partial charge in [-0.25, -0.2) is 0 Å². The van der Waals surface area contributed by atoms with Crippen LogP contribution in [0.2, 0.25) is 0 Å². The average molecular weight is 316 g/mol. The summed E-state index contributed by atoms with van der Waals surface area (Å²) in [5, 5.41) is 9.62. The van der Waals surface area contributed by atoms with Crippen LogP contribution >= 0.6 is 0 Å². The number of methoxy groups -OCH3 is 4. The Hall–Kier alpha value is -2.82. The Morgan fingerprint density at radius 3 is 1.74 bits per heavy atom. The molecular weight excluding hydrogens is 296 g/mol. The second-order valence-corrected chi connectivity index (χ2v) is 4.72. The van der Waals surface area contributed by atoms with Gasteiger partial charge in [-0.3, -0.25) is 0 Å². The van der Waals surface area contributed by atoms with E-state index in [9.17, 15) is 5.11 Å². The van der Waals surface area contributed by atoms with Gasteiger partial charge in [-0.15, -0.1) is 0 Å². The molecule has 0 aliphatic heterocycles. The van der Waals surface area contributed by atoms with Crippen LogP contribution in [0.25, 0.3) is 12.2 Å². The van der Waals surface area contributed by atoms with Crippen LogP contribution in [0, 0.1) is 0 Å². The summed E-state index contributed by atoms with van der Waals surface area (Å²) in [6.45, 7) is 0. The molecule has 0 heterocycles. The van der Waals surface area contributed by atoms with E-state index in [4.69, 9.17) is 18.9 Å². The van der Waals surface area contributed by atoms with E-state index in [-0.39, 0.29) is 5.75 Å². The number of phenolic OH excluding ortho intramolecular Hbond substituents is 1. The fourth-order valence-electron chi connectivity index (χ4n) is 2.19. The highest BCUT2D eigenvalue weighted by atomic mass is 16.5. The molecular formula is C18H20O5. The number of aromatic hydroxyl groups is 1. The van der Waals surface area contributed by atoms with E-state index in [0.717, 1.165) is 11.1 Å². The van der Waals surface area contributed by atoms with Gasteiger partial charge in [0.05, 0.1) is 28.4 Å². The molecule has 122 valence electrons. The molecule has 1 N–H and O–H groups in total. The SMILES string of the molecule is COc1cc(/C=C\c2cc(OC)c(OC)c(OC)c2)ccc1O. The van der Waals surface area contributed by atoms with Crippen molar-refractivity contribution in [1.82, 2.24) is 0 Å². The predicted molar refractivity (Wildman–Crippen MR) is 89.7 cm³/mol. The summed E-state index contributed by atoms with van der Waals surface area (Å²) in [6, 6.07) is 8.86. The first-order chi connectivity index (χ1) is 11.1. The van der Waals surface area contributed by atoms with Crippen LogP contribution in [0.5, 0.6) is 28.7 Å². The smallest absolute Gasteiger partial charge is 0.203 e. The lowest BCUT2D eigenvalue weighted by Gasteiger charge is -2.12. The molecule has 0 fully saturated rings. The Morgan fingerprint density at radius 1 is 0.696 bits per heavy atom.